The predicted molar refractivity (Wildman–Crippen MR) is 64.3 cm³/mol. The molecular weight excluding hydrogens is 190 g/mol. The van der Waals surface area contributed by atoms with E-state index in [0.717, 1.165) is 51.7 Å². The Hall–Kier alpha value is -0.120. The summed E-state index contributed by atoms with van der Waals surface area (Å²) in [6, 6.07) is 0. The molecule has 3 nitrogen and oxygen atoms in total. The molecule has 0 atom stereocenters. The molecule has 0 radical (unpaired) electrons. The van der Waals surface area contributed by atoms with Gasteiger partial charge in [0.1, 0.15) is 0 Å². The van der Waals surface area contributed by atoms with E-state index in [1.807, 2.05) is 0 Å². The van der Waals surface area contributed by atoms with Crippen molar-refractivity contribution in [3.05, 3.63) is 0 Å². The molecule has 0 aliphatic carbocycles. The van der Waals surface area contributed by atoms with Gasteiger partial charge in [-0.1, -0.05) is 13.8 Å². The maximum Gasteiger partial charge on any atom is 0.0487 e. The van der Waals surface area contributed by atoms with Crippen LogP contribution in [0.1, 0.15) is 33.1 Å². The first-order chi connectivity index (χ1) is 7.27. The summed E-state index contributed by atoms with van der Waals surface area (Å²) in [4.78, 5) is 0. The van der Waals surface area contributed by atoms with Gasteiger partial charge in [0, 0.05) is 26.9 Å². The van der Waals surface area contributed by atoms with Gasteiger partial charge >= 0.3 is 0 Å². The SMILES string of the molecule is COCCCOCCCCNCC(C)C. The second kappa shape index (κ2) is 12.0. The minimum absolute atomic E-state index is 0.746. The molecule has 0 amide bonds. The lowest BCUT2D eigenvalue weighted by atomic mass is 10.2. The van der Waals surface area contributed by atoms with Crippen molar-refractivity contribution in [3.8, 4) is 0 Å². The van der Waals surface area contributed by atoms with Crippen molar-refractivity contribution in [2.24, 2.45) is 5.92 Å². The van der Waals surface area contributed by atoms with Crippen LogP contribution in [0, 0.1) is 5.92 Å². The van der Waals surface area contributed by atoms with Gasteiger partial charge in [-0.15, -0.1) is 0 Å². The Kier molecular flexibility index (Phi) is 11.9. The van der Waals surface area contributed by atoms with Crippen molar-refractivity contribution >= 4 is 0 Å². The first-order valence-corrected chi connectivity index (χ1v) is 6.04. The molecule has 1 N–H and O–H groups in total. The summed E-state index contributed by atoms with van der Waals surface area (Å²) in [5.74, 6) is 0.746. The van der Waals surface area contributed by atoms with Crippen molar-refractivity contribution in [1.82, 2.24) is 5.32 Å². The summed E-state index contributed by atoms with van der Waals surface area (Å²) in [7, 11) is 1.72. The topological polar surface area (TPSA) is 30.5 Å². The molecule has 0 aromatic heterocycles. The van der Waals surface area contributed by atoms with Gasteiger partial charge in [0.2, 0.25) is 0 Å². The number of hydrogen-bond donors (Lipinski definition) is 1. The van der Waals surface area contributed by atoms with Crippen molar-refractivity contribution < 1.29 is 9.47 Å². The third-order valence-electron chi connectivity index (χ3n) is 2.08. The summed E-state index contributed by atoms with van der Waals surface area (Å²) >= 11 is 0. The molecule has 0 saturated heterocycles. The highest BCUT2D eigenvalue weighted by Gasteiger charge is 1.93. The van der Waals surface area contributed by atoms with Gasteiger partial charge in [-0.3, -0.25) is 0 Å². The van der Waals surface area contributed by atoms with E-state index in [4.69, 9.17) is 9.47 Å². The summed E-state index contributed by atoms with van der Waals surface area (Å²) in [6.45, 7) is 9.20. The van der Waals surface area contributed by atoms with E-state index in [1.54, 1.807) is 7.11 Å². The van der Waals surface area contributed by atoms with E-state index in [2.05, 4.69) is 19.2 Å². The zero-order valence-corrected chi connectivity index (χ0v) is 10.6. The highest BCUT2D eigenvalue weighted by atomic mass is 16.5. The predicted octanol–water partition coefficient (Wildman–Crippen LogP) is 2.07. The van der Waals surface area contributed by atoms with Gasteiger partial charge in [0.15, 0.2) is 0 Å². The minimum atomic E-state index is 0.746. The third-order valence-corrected chi connectivity index (χ3v) is 2.08. The van der Waals surface area contributed by atoms with Crippen LogP contribution in [-0.4, -0.2) is 40.0 Å². The zero-order chi connectivity index (χ0) is 11.4. The van der Waals surface area contributed by atoms with Crippen LogP contribution in [0.15, 0.2) is 0 Å². The van der Waals surface area contributed by atoms with Crippen LogP contribution < -0.4 is 5.32 Å². The first kappa shape index (κ1) is 14.9. The van der Waals surface area contributed by atoms with Crippen LogP contribution in [0.5, 0.6) is 0 Å². The molecule has 3 heteroatoms. The van der Waals surface area contributed by atoms with E-state index < -0.39 is 0 Å². The molecule has 0 bridgehead atoms. The minimum Gasteiger partial charge on any atom is -0.385 e. The van der Waals surface area contributed by atoms with Gasteiger partial charge in [0.05, 0.1) is 0 Å². The van der Waals surface area contributed by atoms with Gasteiger partial charge < -0.3 is 14.8 Å². The number of ether oxygens (including phenoxy) is 2. The Morgan fingerprint density at radius 3 is 2.40 bits per heavy atom. The number of methoxy groups -OCH3 is 1. The Morgan fingerprint density at radius 2 is 1.73 bits per heavy atom. The fourth-order valence-electron chi connectivity index (χ4n) is 1.25. The van der Waals surface area contributed by atoms with Gasteiger partial charge in [-0.25, -0.2) is 0 Å². The first-order valence-electron chi connectivity index (χ1n) is 6.04. The molecule has 0 aromatic carbocycles. The van der Waals surface area contributed by atoms with Crippen molar-refractivity contribution in [3.63, 3.8) is 0 Å². The Bertz CT molecular complexity index is 118. The highest BCUT2D eigenvalue weighted by Crippen LogP contribution is 1.92. The van der Waals surface area contributed by atoms with Gasteiger partial charge in [-0.05, 0) is 38.3 Å². The van der Waals surface area contributed by atoms with E-state index >= 15 is 0 Å². The average Bonchev–Trinajstić information content (AvgIpc) is 2.20. The molecule has 0 rings (SSSR count). The largest absolute Gasteiger partial charge is 0.385 e. The maximum atomic E-state index is 5.46. The standard InChI is InChI=1S/C12H27NO2/c1-12(2)11-13-7-4-5-9-15-10-6-8-14-3/h12-13H,4-11H2,1-3H3. The summed E-state index contributed by atoms with van der Waals surface area (Å²) in [5, 5.41) is 3.42. The quantitative estimate of drug-likeness (QED) is 0.537. The zero-order valence-electron chi connectivity index (χ0n) is 10.6. The third kappa shape index (κ3) is 13.9. The average molecular weight is 217 g/mol. The van der Waals surface area contributed by atoms with Crippen LogP contribution in [0.25, 0.3) is 0 Å². The Labute approximate surface area is 94.5 Å². The molecular formula is C12H27NO2. The summed E-state index contributed by atoms with van der Waals surface area (Å²) in [6.07, 6.45) is 3.36. The monoisotopic (exact) mass is 217 g/mol. The molecule has 0 fully saturated rings. The van der Waals surface area contributed by atoms with Crippen molar-refractivity contribution in [2.75, 3.05) is 40.0 Å². The molecule has 15 heavy (non-hydrogen) atoms. The van der Waals surface area contributed by atoms with Crippen LogP contribution in [0.4, 0.5) is 0 Å². The highest BCUT2D eigenvalue weighted by molar-refractivity contribution is 4.51. The smallest absolute Gasteiger partial charge is 0.0487 e. The molecule has 0 saturated carbocycles. The molecule has 0 unspecified atom stereocenters. The lowest BCUT2D eigenvalue weighted by Gasteiger charge is -2.07. The van der Waals surface area contributed by atoms with Crippen LogP contribution in [0.2, 0.25) is 0 Å². The van der Waals surface area contributed by atoms with E-state index in [-0.39, 0.29) is 0 Å². The van der Waals surface area contributed by atoms with E-state index in [1.165, 1.54) is 6.42 Å². The summed E-state index contributed by atoms with van der Waals surface area (Å²) < 4.78 is 10.4. The molecule has 0 aliphatic heterocycles. The van der Waals surface area contributed by atoms with Crippen LogP contribution in [-0.2, 0) is 9.47 Å². The Balaban J connectivity index is 2.87. The lowest BCUT2D eigenvalue weighted by Crippen LogP contribution is -2.20. The lowest BCUT2D eigenvalue weighted by molar-refractivity contribution is 0.100. The van der Waals surface area contributed by atoms with Crippen molar-refractivity contribution in [1.29, 1.82) is 0 Å². The van der Waals surface area contributed by atoms with Crippen LogP contribution >= 0.6 is 0 Å². The van der Waals surface area contributed by atoms with Crippen LogP contribution in [0.3, 0.4) is 0 Å². The van der Waals surface area contributed by atoms with Gasteiger partial charge in [-0.2, -0.15) is 0 Å². The van der Waals surface area contributed by atoms with E-state index in [9.17, 15) is 0 Å². The number of unbranched alkanes of at least 4 members (excludes halogenated alkanes) is 1. The van der Waals surface area contributed by atoms with Crippen molar-refractivity contribution in [2.45, 2.75) is 33.1 Å². The second-order valence-corrected chi connectivity index (χ2v) is 4.26. The fraction of sp³-hybridized carbons (Fsp3) is 1.00. The number of nitrogens with one attached hydrogen (secondary N) is 1. The van der Waals surface area contributed by atoms with E-state index in [0.29, 0.717) is 0 Å². The summed E-state index contributed by atoms with van der Waals surface area (Å²) in [5.41, 5.74) is 0. The molecule has 92 valence electrons. The molecule has 0 heterocycles. The number of rotatable bonds is 11. The normalized spacial score (nSPS) is 11.2. The Morgan fingerprint density at radius 1 is 1.00 bits per heavy atom. The number of hydrogen-bond acceptors (Lipinski definition) is 3. The van der Waals surface area contributed by atoms with Gasteiger partial charge in [0.25, 0.3) is 0 Å². The molecule has 0 aromatic rings. The maximum absolute atomic E-state index is 5.46. The fourth-order valence-corrected chi connectivity index (χ4v) is 1.25. The molecule has 0 aliphatic rings. The second-order valence-electron chi connectivity index (χ2n) is 4.26. The molecule has 0 spiro atoms.